The van der Waals surface area contributed by atoms with Gasteiger partial charge in [0, 0.05) is 11.6 Å². The van der Waals surface area contributed by atoms with E-state index in [0.29, 0.717) is 30.5 Å². The minimum atomic E-state index is 0.0236. The number of nitrogens with one attached hydrogen (secondary N) is 1. The van der Waals surface area contributed by atoms with Crippen LogP contribution < -0.4 is 11.1 Å². The number of hydrogen-bond acceptors (Lipinski definition) is 7. The van der Waals surface area contributed by atoms with Crippen LogP contribution in [-0.2, 0) is 11.3 Å². The van der Waals surface area contributed by atoms with Crippen LogP contribution in [0, 0.1) is 6.92 Å². The van der Waals surface area contributed by atoms with E-state index in [2.05, 4.69) is 20.3 Å². The molecular weight excluding hydrogens is 282 g/mol. The lowest BCUT2D eigenvalue weighted by Crippen LogP contribution is -2.23. The van der Waals surface area contributed by atoms with E-state index in [9.17, 15) is 4.79 Å². The quantitative estimate of drug-likeness (QED) is 0.748. The first-order chi connectivity index (χ1) is 10.6. The van der Waals surface area contributed by atoms with Crippen LogP contribution in [0.25, 0.3) is 0 Å². The molecule has 0 amide bonds. The second-order valence-electron chi connectivity index (χ2n) is 4.98. The summed E-state index contributed by atoms with van der Waals surface area (Å²) in [6.07, 6.45) is 0.818. The molecule has 1 aromatic heterocycles. The van der Waals surface area contributed by atoms with E-state index in [-0.39, 0.29) is 12.0 Å². The molecule has 0 aliphatic heterocycles. The van der Waals surface area contributed by atoms with Crippen LogP contribution in [0.3, 0.4) is 0 Å². The third-order valence-corrected chi connectivity index (χ3v) is 2.89. The Bertz CT molecular complexity index is 610. The van der Waals surface area contributed by atoms with Crippen molar-refractivity contribution in [2.75, 3.05) is 17.7 Å². The predicted molar refractivity (Wildman–Crippen MR) is 83.5 cm³/mol. The van der Waals surface area contributed by atoms with Crippen molar-refractivity contribution in [2.45, 2.75) is 26.5 Å². The Morgan fingerprint density at radius 3 is 2.64 bits per heavy atom. The number of aryl methyl sites for hydroxylation is 1. The number of nitrogens with zero attached hydrogens (tertiary/aromatic N) is 3. The Balaban J connectivity index is 1.79. The lowest BCUT2D eigenvalue weighted by molar-refractivity contribution is 0.112. The van der Waals surface area contributed by atoms with Crippen molar-refractivity contribution >= 4 is 18.2 Å². The first-order valence-electron chi connectivity index (χ1n) is 6.93. The Labute approximate surface area is 129 Å². The van der Waals surface area contributed by atoms with E-state index in [1.54, 1.807) is 19.1 Å². The van der Waals surface area contributed by atoms with E-state index in [0.717, 1.165) is 11.8 Å². The number of anilines is 2. The number of benzene rings is 1. The molecule has 1 atom stereocenters. The fourth-order valence-electron chi connectivity index (χ4n) is 1.88. The van der Waals surface area contributed by atoms with Crippen LogP contribution in [0.1, 0.15) is 28.7 Å². The van der Waals surface area contributed by atoms with E-state index in [4.69, 9.17) is 10.5 Å². The van der Waals surface area contributed by atoms with Gasteiger partial charge in [0.05, 0.1) is 13.2 Å². The number of nitrogens with two attached hydrogens (primary N) is 1. The van der Waals surface area contributed by atoms with Crippen molar-refractivity contribution < 1.29 is 9.53 Å². The van der Waals surface area contributed by atoms with Gasteiger partial charge in [0.2, 0.25) is 11.9 Å². The Kier molecular flexibility index (Phi) is 5.37. The van der Waals surface area contributed by atoms with E-state index < -0.39 is 0 Å². The number of ether oxygens (including phenoxy) is 1. The molecule has 2 rings (SSSR count). The molecule has 1 aromatic carbocycles. The molecule has 3 N–H and O–H groups in total. The smallest absolute Gasteiger partial charge is 0.228 e. The van der Waals surface area contributed by atoms with Crippen LogP contribution >= 0.6 is 0 Å². The summed E-state index contributed by atoms with van der Waals surface area (Å²) in [5.41, 5.74) is 7.24. The molecule has 0 saturated carbocycles. The second kappa shape index (κ2) is 7.46. The number of nitrogen functional groups attached to an aromatic ring is 1. The van der Waals surface area contributed by atoms with E-state index >= 15 is 0 Å². The molecule has 0 bridgehead atoms. The van der Waals surface area contributed by atoms with E-state index in [1.807, 2.05) is 19.1 Å². The SMILES string of the molecule is Cc1nc(N)nc(NC(C)COCc2ccc(C=O)cc2)n1. The number of aromatic nitrogens is 3. The summed E-state index contributed by atoms with van der Waals surface area (Å²) in [4.78, 5) is 22.7. The largest absolute Gasteiger partial charge is 0.375 e. The highest BCUT2D eigenvalue weighted by Crippen LogP contribution is 2.06. The van der Waals surface area contributed by atoms with Crippen molar-refractivity contribution in [1.82, 2.24) is 15.0 Å². The van der Waals surface area contributed by atoms with Crippen LogP contribution in [0.4, 0.5) is 11.9 Å². The molecule has 22 heavy (non-hydrogen) atoms. The molecule has 1 unspecified atom stereocenters. The minimum Gasteiger partial charge on any atom is -0.375 e. The zero-order valence-corrected chi connectivity index (χ0v) is 12.6. The number of carbonyl (C=O) groups excluding carboxylic acids is 1. The van der Waals surface area contributed by atoms with Gasteiger partial charge >= 0.3 is 0 Å². The lowest BCUT2D eigenvalue weighted by atomic mass is 10.2. The van der Waals surface area contributed by atoms with Crippen LogP contribution in [0.2, 0.25) is 0 Å². The van der Waals surface area contributed by atoms with Crippen molar-refractivity contribution in [3.8, 4) is 0 Å². The summed E-state index contributed by atoms with van der Waals surface area (Å²) < 4.78 is 5.63. The summed E-state index contributed by atoms with van der Waals surface area (Å²) in [5.74, 6) is 1.20. The third kappa shape index (κ3) is 4.78. The molecule has 0 radical (unpaired) electrons. The van der Waals surface area contributed by atoms with Gasteiger partial charge in [0.15, 0.2) is 0 Å². The second-order valence-corrected chi connectivity index (χ2v) is 4.98. The predicted octanol–water partition coefficient (Wildman–Crippen LogP) is 1.59. The molecule has 0 aliphatic carbocycles. The number of hydrogen-bond donors (Lipinski definition) is 2. The maximum Gasteiger partial charge on any atom is 0.228 e. The lowest BCUT2D eigenvalue weighted by Gasteiger charge is -2.14. The van der Waals surface area contributed by atoms with Crippen molar-refractivity contribution in [1.29, 1.82) is 0 Å². The van der Waals surface area contributed by atoms with Crippen LogP contribution in [-0.4, -0.2) is 33.9 Å². The molecule has 0 fully saturated rings. The highest BCUT2D eigenvalue weighted by molar-refractivity contribution is 5.74. The van der Waals surface area contributed by atoms with E-state index in [1.165, 1.54) is 0 Å². The van der Waals surface area contributed by atoms with Gasteiger partial charge in [-0.05, 0) is 19.4 Å². The molecule has 7 heteroatoms. The van der Waals surface area contributed by atoms with Crippen LogP contribution in [0.15, 0.2) is 24.3 Å². The van der Waals surface area contributed by atoms with Gasteiger partial charge in [0.1, 0.15) is 12.1 Å². The molecule has 0 aliphatic rings. The highest BCUT2D eigenvalue weighted by Gasteiger charge is 2.06. The van der Waals surface area contributed by atoms with Gasteiger partial charge in [0.25, 0.3) is 0 Å². The summed E-state index contributed by atoms with van der Waals surface area (Å²) in [6, 6.07) is 7.30. The maximum absolute atomic E-state index is 10.6. The molecule has 7 nitrogen and oxygen atoms in total. The zero-order chi connectivity index (χ0) is 15.9. The fourth-order valence-corrected chi connectivity index (χ4v) is 1.88. The normalized spacial score (nSPS) is 11.9. The average molecular weight is 301 g/mol. The van der Waals surface area contributed by atoms with Gasteiger partial charge < -0.3 is 15.8 Å². The average Bonchev–Trinajstić information content (AvgIpc) is 2.47. The topological polar surface area (TPSA) is 103 Å². The molecular formula is C15H19N5O2. The highest BCUT2D eigenvalue weighted by atomic mass is 16.5. The van der Waals surface area contributed by atoms with Gasteiger partial charge in [-0.2, -0.15) is 15.0 Å². The van der Waals surface area contributed by atoms with Crippen molar-refractivity contribution in [3.63, 3.8) is 0 Å². The molecule has 0 spiro atoms. The summed E-state index contributed by atoms with van der Waals surface area (Å²) >= 11 is 0. The third-order valence-electron chi connectivity index (χ3n) is 2.89. The van der Waals surface area contributed by atoms with Crippen molar-refractivity contribution in [3.05, 3.63) is 41.2 Å². The van der Waals surface area contributed by atoms with Gasteiger partial charge in [-0.1, -0.05) is 24.3 Å². The summed E-state index contributed by atoms with van der Waals surface area (Å²) in [7, 11) is 0. The molecule has 0 saturated heterocycles. The molecule has 2 aromatic rings. The zero-order valence-electron chi connectivity index (χ0n) is 12.6. The van der Waals surface area contributed by atoms with Gasteiger partial charge in [-0.15, -0.1) is 0 Å². The van der Waals surface area contributed by atoms with Gasteiger partial charge in [-0.25, -0.2) is 0 Å². The fraction of sp³-hybridized carbons (Fsp3) is 0.333. The maximum atomic E-state index is 10.6. The number of carbonyl (C=O) groups is 1. The standard InChI is InChI=1S/C15H19N5O2/c1-10(17-15-19-11(2)18-14(16)20-15)8-22-9-13-5-3-12(7-21)4-6-13/h3-7,10H,8-9H2,1-2H3,(H3,16,17,18,19,20). The first-order valence-corrected chi connectivity index (χ1v) is 6.93. The Morgan fingerprint density at radius 1 is 1.27 bits per heavy atom. The number of rotatable bonds is 7. The summed E-state index contributed by atoms with van der Waals surface area (Å²) in [5, 5.41) is 3.11. The number of aldehydes is 1. The van der Waals surface area contributed by atoms with Gasteiger partial charge in [-0.3, -0.25) is 4.79 Å². The Morgan fingerprint density at radius 2 is 2.00 bits per heavy atom. The molecule has 116 valence electrons. The van der Waals surface area contributed by atoms with Crippen LogP contribution in [0.5, 0.6) is 0 Å². The first kappa shape index (κ1) is 15.8. The monoisotopic (exact) mass is 301 g/mol. The Hall–Kier alpha value is -2.54. The summed E-state index contributed by atoms with van der Waals surface area (Å²) in [6.45, 7) is 4.68. The molecule has 1 heterocycles. The minimum absolute atomic E-state index is 0.0236. The van der Waals surface area contributed by atoms with Crippen molar-refractivity contribution in [2.24, 2.45) is 0 Å².